The van der Waals surface area contributed by atoms with Crippen molar-refractivity contribution in [2.45, 2.75) is 50.4 Å². The van der Waals surface area contributed by atoms with Crippen LogP contribution in [-0.2, 0) is 18.0 Å². The lowest BCUT2D eigenvalue weighted by atomic mass is 9.77. The molecule has 2 aliphatic heterocycles. The Morgan fingerprint density at radius 1 is 1.31 bits per heavy atom. The van der Waals surface area contributed by atoms with E-state index in [2.05, 4.69) is 15.4 Å². The highest BCUT2D eigenvalue weighted by molar-refractivity contribution is 5.96. The van der Waals surface area contributed by atoms with Gasteiger partial charge < -0.3 is 15.3 Å². The summed E-state index contributed by atoms with van der Waals surface area (Å²) in [5.74, 6) is -2.52. The predicted octanol–water partition coefficient (Wildman–Crippen LogP) is 3.89. The fourth-order valence-electron chi connectivity index (χ4n) is 4.68. The molecular formula is C20H21F4N5O3. The van der Waals surface area contributed by atoms with Gasteiger partial charge in [-0.3, -0.25) is 4.68 Å². The number of amides is 2. The third kappa shape index (κ3) is 3.56. The molecule has 2 N–H and O–H groups in total. The second-order valence-electron chi connectivity index (χ2n) is 8.49. The van der Waals surface area contributed by atoms with E-state index in [0.717, 1.165) is 6.07 Å². The molecule has 2 aromatic rings. The fourth-order valence-corrected chi connectivity index (χ4v) is 4.68. The molecule has 32 heavy (non-hydrogen) atoms. The molecule has 5 rings (SSSR count). The van der Waals surface area contributed by atoms with Crippen molar-refractivity contribution < 1.29 is 32.3 Å². The average Bonchev–Trinajstić information content (AvgIpc) is 2.94. The van der Waals surface area contributed by atoms with Gasteiger partial charge in [-0.2, -0.15) is 18.3 Å². The number of hydrogen-bond acceptors (Lipinski definition) is 4. The number of urea groups is 1. The molecule has 8 nitrogen and oxygen atoms in total. The number of aryl methyl sites for hydroxylation is 1. The number of halogens is 4. The number of carboxylic acid groups (broad SMARTS) is 1. The lowest BCUT2D eigenvalue weighted by Gasteiger charge is -2.54. The van der Waals surface area contributed by atoms with Crippen LogP contribution in [0.25, 0.3) is 11.4 Å². The highest BCUT2D eigenvalue weighted by Gasteiger charge is 2.60. The molecule has 3 atom stereocenters. The summed E-state index contributed by atoms with van der Waals surface area (Å²) in [7, 11) is 1.47. The van der Waals surface area contributed by atoms with Gasteiger partial charge in [0.1, 0.15) is 17.7 Å². The van der Waals surface area contributed by atoms with Crippen molar-refractivity contribution in [3.63, 3.8) is 0 Å². The first-order valence-corrected chi connectivity index (χ1v) is 10.0. The molecule has 3 fully saturated rings. The number of carboxylic acids is 1. The van der Waals surface area contributed by atoms with Crippen LogP contribution in [0.4, 0.5) is 28.0 Å². The Labute approximate surface area is 180 Å². The third-order valence-corrected chi connectivity index (χ3v) is 6.24. The molecule has 0 spiro atoms. The minimum Gasteiger partial charge on any atom is -0.479 e. The Bertz CT molecular complexity index is 1090. The molecule has 2 amide bonds. The normalized spacial score (nSPS) is 25.1. The summed E-state index contributed by atoms with van der Waals surface area (Å²) in [6, 6.07) is -0.0981. The molecule has 3 heterocycles. The molecule has 172 valence electrons. The van der Waals surface area contributed by atoms with Gasteiger partial charge in [0.25, 0.3) is 0 Å². The zero-order valence-corrected chi connectivity index (χ0v) is 17.3. The van der Waals surface area contributed by atoms with Crippen LogP contribution in [0.5, 0.6) is 0 Å². The Balaban J connectivity index is 1.70. The van der Waals surface area contributed by atoms with Crippen LogP contribution in [0.3, 0.4) is 0 Å². The molecule has 1 saturated carbocycles. The van der Waals surface area contributed by atoms with Crippen molar-refractivity contribution in [1.82, 2.24) is 19.7 Å². The van der Waals surface area contributed by atoms with Gasteiger partial charge in [0.15, 0.2) is 5.82 Å². The van der Waals surface area contributed by atoms with Gasteiger partial charge in [0, 0.05) is 25.1 Å². The monoisotopic (exact) mass is 455 g/mol. The quantitative estimate of drug-likeness (QED) is 0.684. The van der Waals surface area contributed by atoms with Crippen molar-refractivity contribution in [2.75, 3.05) is 5.32 Å². The molecule has 1 aliphatic carbocycles. The molecular weight excluding hydrogens is 434 g/mol. The van der Waals surface area contributed by atoms with E-state index in [-0.39, 0.29) is 30.3 Å². The van der Waals surface area contributed by atoms with Gasteiger partial charge >= 0.3 is 18.2 Å². The highest BCUT2D eigenvalue weighted by Crippen LogP contribution is 2.48. The van der Waals surface area contributed by atoms with E-state index in [4.69, 9.17) is 0 Å². The van der Waals surface area contributed by atoms with E-state index in [1.54, 1.807) is 0 Å². The summed E-state index contributed by atoms with van der Waals surface area (Å²) >= 11 is 0. The molecule has 3 aliphatic rings. The van der Waals surface area contributed by atoms with Crippen molar-refractivity contribution >= 4 is 17.7 Å². The first-order chi connectivity index (χ1) is 14.9. The summed E-state index contributed by atoms with van der Waals surface area (Å²) in [4.78, 5) is 29.9. The summed E-state index contributed by atoms with van der Waals surface area (Å²) in [5, 5.41) is 15.9. The predicted molar refractivity (Wildman–Crippen MR) is 104 cm³/mol. The van der Waals surface area contributed by atoms with Crippen molar-refractivity contribution in [1.29, 1.82) is 0 Å². The third-order valence-electron chi connectivity index (χ3n) is 6.24. The zero-order valence-electron chi connectivity index (χ0n) is 17.3. The van der Waals surface area contributed by atoms with E-state index in [1.807, 2.05) is 6.92 Å². The summed E-state index contributed by atoms with van der Waals surface area (Å²) in [5.41, 5.74) is -3.69. The second-order valence-corrected chi connectivity index (χ2v) is 8.49. The number of benzene rings is 1. The minimum absolute atomic E-state index is 0.212. The van der Waals surface area contributed by atoms with Crippen LogP contribution in [0.1, 0.15) is 38.2 Å². The molecule has 0 radical (unpaired) electrons. The second kappa shape index (κ2) is 7.45. The number of rotatable bonds is 3. The smallest absolute Gasteiger partial charge is 0.417 e. The number of anilines is 1. The highest BCUT2D eigenvalue weighted by atomic mass is 19.4. The summed E-state index contributed by atoms with van der Waals surface area (Å²) < 4.78 is 56.3. The number of alkyl halides is 3. The fraction of sp³-hybridized carbons (Fsp3) is 0.500. The number of aliphatic carboxylic acids is 1. The van der Waals surface area contributed by atoms with Gasteiger partial charge in [-0.05, 0) is 37.3 Å². The van der Waals surface area contributed by atoms with Crippen LogP contribution in [0.2, 0.25) is 0 Å². The van der Waals surface area contributed by atoms with Gasteiger partial charge in [-0.15, -0.1) is 0 Å². The van der Waals surface area contributed by atoms with Crippen LogP contribution >= 0.6 is 0 Å². The van der Waals surface area contributed by atoms with Crippen LogP contribution in [0, 0.1) is 11.7 Å². The van der Waals surface area contributed by atoms with E-state index >= 15 is 0 Å². The maximum absolute atomic E-state index is 14.6. The van der Waals surface area contributed by atoms with E-state index in [0.29, 0.717) is 19.3 Å². The molecule has 1 aromatic carbocycles. The lowest BCUT2D eigenvalue weighted by Crippen LogP contribution is -2.71. The first kappa shape index (κ1) is 22.0. The number of aromatic nitrogens is 3. The largest absolute Gasteiger partial charge is 0.479 e. The molecule has 12 heteroatoms. The number of fused-ring (bicyclic) bond motifs is 3. The molecule has 3 unspecified atom stereocenters. The minimum atomic E-state index is -4.88. The zero-order chi connectivity index (χ0) is 23.4. The number of carbonyl (C=O) groups excluding carboxylic acids is 1. The number of nitrogens with zero attached hydrogens (tertiary/aromatic N) is 4. The number of nitrogens with one attached hydrogen (secondary N) is 1. The van der Waals surface area contributed by atoms with Crippen LogP contribution in [-0.4, -0.2) is 48.4 Å². The molecule has 2 saturated heterocycles. The summed E-state index contributed by atoms with van der Waals surface area (Å²) in [6.45, 7) is 1.97. The average molecular weight is 455 g/mol. The van der Waals surface area contributed by atoms with Crippen LogP contribution < -0.4 is 5.32 Å². The van der Waals surface area contributed by atoms with Gasteiger partial charge in [-0.25, -0.2) is 19.0 Å². The maximum atomic E-state index is 14.6. The first-order valence-electron chi connectivity index (χ1n) is 10.0. The van der Waals surface area contributed by atoms with Gasteiger partial charge in [0.2, 0.25) is 0 Å². The Morgan fingerprint density at radius 2 is 2.03 bits per heavy atom. The van der Waals surface area contributed by atoms with E-state index in [9.17, 15) is 32.3 Å². The van der Waals surface area contributed by atoms with Crippen molar-refractivity contribution in [3.8, 4) is 11.4 Å². The maximum Gasteiger partial charge on any atom is 0.417 e. The number of hydrogen-bond donors (Lipinski definition) is 2. The Hall–Kier alpha value is -3.18. The standard InChI is InChI=1S/C20H21F4N5O3/c1-10-3-4-19(17(30)31)8-11(5-10)29(19)18(32)26-15-6-12(16-25-9-28(2)27-16)13(7-14(15)21)20(22,23)24/h6-7,9-11H,3-5,8H2,1-2H3,(H,26,32)(H,30,31). The Kier molecular flexibility index (Phi) is 5.13. The van der Waals surface area contributed by atoms with Crippen molar-refractivity contribution in [2.24, 2.45) is 13.0 Å². The van der Waals surface area contributed by atoms with E-state index < -0.39 is 46.3 Å². The Morgan fingerprint density at radius 3 is 2.62 bits per heavy atom. The van der Waals surface area contributed by atoms with Gasteiger partial charge in [0.05, 0.1) is 11.3 Å². The SMILES string of the molecule is CC1CCC2(C(=O)O)CC(C1)N2C(=O)Nc1cc(-c2ncn(C)n2)c(C(F)(F)F)cc1F. The topological polar surface area (TPSA) is 100 Å². The van der Waals surface area contributed by atoms with Gasteiger partial charge in [-0.1, -0.05) is 6.92 Å². The lowest BCUT2D eigenvalue weighted by molar-refractivity contribution is -0.162. The number of carbonyl (C=O) groups is 2. The summed E-state index contributed by atoms with van der Waals surface area (Å²) in [6.07, 6.45) is -1.92. The van der Waals surface area contributed by atoms with Crippen LogP contribution in [0.15, 0.2) is 18.5 Å². The molecule has 1 aromatic heterocycles. The molecule has 2 bridgehead atoms. The van der Waals surface area contributed by atoms with Crippen molar-refractivity contribution in [3.05, 3.63) is 29.8 Å². The van der Waals surface area contributed by atoms with E-state index in [1.165, 1.54) is 23.0 Å².